The molecule has 3 heterocycles. The number of aromatic nitrogens is 4. The number of benzene rings is 7. The van der Waals surface area contributed by atoms with Gasteiger partial charge in [-0.15, -0.1) is 29.7 Å². The number of ether oxygens (including phenoxy) is 1. The summed E-state index contributed by atoms with van der Waals surface area (Å²) in [6.45, 7) is 3.51. The fraction of sp³-hybridized carbons (Fsp3) is 0.0769. The average molecular weight is 946 g/mol. The number of para-hydroxylation sites is 4. The Morgan fingerprint density at radius 1 is 0.707 bits per heavy atom. The monoisotopic (exact) mass is 945 g/mol. The van der Waals surface area contributed by atoms with E-state index in [1.54, 1.807) is 89.7 Å². The second-order valence-electron chi connectivity index (χ2n) is 13.3. The second-order valence-corrected chi connectivity index (χ2v) is 13.3. The maximum Gasteiger partial charge on any atom is 0.268 e. The van der Waals surface area contributed by atoms with E-state index in [2.05, 4.69) is 23.4 Å². The van der Waals surface area contributed by atoms with Crippen LogP contribution in [0, 0.1) is 24.4 Å². The molecule has 10 rings (SSSR count). The van der Waals surface area contributed by atoms with Crippen LogP contribution in [0.5, 0.6) is 11.5 Å². The number of imidazole rings is 1. The van der Waals surface area contributed by atoms with Gasteiger partial charge in [0.2, 0.25) is 0 Å². The van der Waals surface area contributed by atoms with Crippen molar-refractivity contribution in [1.29, 1.82) is 0 Å². The summed E-state index contributed by atoms with van der Waals surface area (Å²) >= 11 is 0. The SMILES string of the molecule is [2H]c1c([2H])c([2H])c(-c2cccc(-c3c([2H])c([2H])c([2H])c([2H])c3[2H])c2-[n+]2[c-]n(-c3[c-]c(Oc4[c-]c5c(cc4)c4c([2H])c([2H])c([2H])c([2H])c4n5-c4cc(C([2H])([2H])C(C)C)ccn4)ccc3)c3ccccc32)c([2H])c1[2H].[Pt]. The first kappa shape index (κ1) is 23.0. The van der Waals surface area contributed by atoms with Gasteiger partial charge in [0.15, 0.2) is 0 Å². The van der Waals surface area contributed by atoms with Crippen LogP contribution >= 0.6 is 0 Å². The molecule has 58 heavy (non-hydrogen) atoms. The number of hydrogen-bond acceptors (Lipinski definition) is 2. The van der Waals surface area contributed by atoms with Crippen LogP contribution in [-0.4, -0.2) is 14.1 Å². The van der Waals surface area contributed by atoms with Crippen LogP contribution in [-0.2, 0) is 27.4 Å². The van der Waals surface area contributed by atoms with Crippen molar-refractivity contribution in [2.24, 2.45) is 5.92 Å². The Kier molecular flexibility index (Phi) is 6.25. The summed E-state index contributed by atoms with van der Waals surface area (Å²) in [6.07, 6.45) is 3.01. The number of rotatable bonds is 9. The van der Waals surface area contributed by atoms with Crippen molar-refractivity contribution >= 4 is 32.8 Å². The molecule has 0 aliphatic carbocycles. The first-order valence-corrected chi connectivity index (χ1v) is 18.0. The van der Waals surface area contributed by atoms with Crippen molar-refractivity contribution in [2.45, 2.75) is 20.2 Å². The first-order valence-electron chi connectivity index (χ1n) is 26.0. The molecule has 5 nitrogen and oxygen atoms in total. The molecule has 6 heteroatoms. The van der Waals surface area contributed by atoms with E-state index in [1.807, 2.05) is 0 Å². The van der Waals surface area contributed by atoms with Crippen molar-refractivity contribution in [2.75, 3.05) is 0 Å². The summed E-state index contributed by atoms with van der Waals surface area (Å²) in [5, 5.41) is 0.624. The summed E-state index contributed by atoms with van der Waals surface area (Å²) in [4.78, 5) is 4.55. The van der Waals surface area contributed by atoms with E-state index < -0.39 is 84.8 Å². The first-order chi connectivity index (χ1) is 34.6. The van der Waals surface area contributed by atoms with Crippen LogP contribution in [0.25, 0.3) is 72.3 Å². The molecule has 7 aromatic carbocycles. The molecule has 0 saturated heterocycles. The smallest absolute Gasteiger partial charge is 0.268 e. The van der Waals surface area contributed by atoms with Gasteiger partial charge in [-0.2, -0.15) is 18.2 Å². The van der Waals surface area contributed by atoms with Crippen LogP contribution < -0.4 is 9.30 Å². The third-order valence-corrected chi connectivity index (χ3v) is 9.29. The zero-order valence-electron chi connectivity index (χ0n) is 46.8. The van der Waals surface area contributed by atoms with Crippen LogP contribution in [0.15, 0.2) is 176 Å². The van der Waals surface area contributed by atoms with Crippen LogP contribution in [0.4, 0.5) is 0 Å². The van der Waals surface area contributed by atoms with Gasteiger partial charge < -0.3 is 13.9 Å². The van der Waals surface area contributed by atoms with Crippen molar-refractivity contribution in [1.82, 2.24) is 14.1 Å². The Labute approximate surface area is 375 Å². The van der Waals surface area contributed by atoms with E-state index in [9.17, 15) is 0 Å². The predicted octanol–water partition coefficient (Wildman–Crippen LogP) is 12.1. The van der Waals surface area contributed by atoms with Crippen LogP contribution in [0.3, 0.4) is 0 Å². The maximum atomic E-state index is 9.00. The van der Waals surface area contributed by atoms with Crippen LogP contribution in [0.1, 0.15) is 41.3 Å². The molecule has 10 aromatic rings. The Morgan fingerprint density at radius 3 is 2.16 bits per heavy atom. The molecule has 284 valence electrons. The second kappa shape index (κ2) is 15.8. The number of nitrogens with zero attached hydrogens (tertiary/aromatic N) is 4. The molecule has 0 N–H and O–H groups in total. The minimum Gasteiger partial charge on any atom is -0.510 e. The van der Waals surface area contributed by atoms with Gasteiger partial charge in [0.05, 0.1) is 35.9 Å². The predicted molar refractivity (Wildman–Crippen MR) is 229 cm³/mol. The zero-order chi connectivity index (χ0) is 52.3. The Balaban J connectivity index is 0.00000672. The summed E-state index contributed by atoms with van der Waals surface area (Å²) in [5.74, 6) is 0.120. The van der Waals surface area contributed by atoms with E-state index in [0.717, 1.165) is 0 Å². The molecule has 0 saturated carbocycles. The summed E-state index contributed by atoms with van der Waals surface area (Å²) in [7, 11) is 0. The maximum absolute atomic E-state index is 9.00. The zero-order valence-corrected chi connectivity index (χ0v) is 33.0. The summed E-state index contributed by atoms with van der Waals surface area (Å²) in [6, 6.07) is 22.4. The van der Waals surface area contributed by atoms with Crippen molar-refractivity contribution in [3.05, 3.63) is 200 Å². The standard InChI is InChI=1S/C52H38N4O.Pt/c1-36(2)31-37-29-30-53-51(32-37)56-47-24-10-9-21-45(47)46-28-27-42(34-50(46)56)57-41-20-13-19-40(33-41)54-35-55(49-26-12-11-25-48(49)54)52-43(38-15-5-3-6-16-38)22-14-23-44(52)39-17-7-4-8-18-39;/h3-30,32,36H,31H2,1-2H3;/q-2;/i3D,4D,5D,6D,7D,8D,9D,10D,15D,16D,17D,18D,21D,24D,31D2;. The van der Waals surface area contributed by atoms with Gasteiger partial charge >= 0.3 is 0 Å². The van der Waals surface area contributed by atoms with Crippen molar-refractivity contribution < 1.29 is 52.3 Å². The third-order valence-electron chi connectivity index (χ3n) is 9.29. The van der Waals surface area contributed by atoms with Crippen molar-refractivity contribution in [3.8, 4) is 50.9 Å². The normalized spacial score (nSPS) is 15.5. The Bertz CT molecular complexity index is 3840. The van der Waals surface area contributed by atoms with Gasteiger partial charge in [0.25, 0.3) is 6.33 Å². The van der Waals surface area contributed by atoms with E-state index in [0.29, 0.717) is 27.7 Å². The van der Waals surface area contributed by atoms with E-state index in [4.69, 9.17) is 26.7 Å². The number of hydrogen-bond donors (Lipinski definition) is 0. The van der Waals surface area contributed by atoms with E-state index in [1.165, 1.54) is 29.0 Å². The fourth-order valence-electron chi connectivity index (χ4n) is 6.98. The Morgan fingerprint density at radius 2 is 1.40 bits per heavy atom. The fourth-order valence-corrected chi connectivity index (χ4v) is 6.98. The number of fused-ring (bicyclic) bond motifs is 4. The van der Waals surface area contributed by atoms with Crippen molar-refractivity contribution in [3.63, 3.8) is 0 Å². The molecule has 3 aromatic heterocycles. The van der Waals surface area contributed by atoms with Crippen LogP contribution in [0.2, 0.25) is 0 Å². The summed E-state index contributed by atoms with van der Waals surface area (Å²) in [5.41, 5.74) is 1.95. The molecule has 0 spiro atoms. The van der Waals surface area contributed by atoms with Gasteiger partial charge in [-0.1, -0.05) is 140 Å². The molecule has 0 unspecified atom stereocenters. The van der Waals surface area contributed by atoms with Gasteiger partial charge in [0.1, 0.15) is 5.82 Å². The average Bonchev–Trinajstić information content (AvgIpc) is 3.94. The van der Waals surface area contributed by atoms with Gasteiger partial charge in [-0.3, -0.25) is 4.57 Å². The molecular formula is C52H38N4OPt-2. The van der Waals surface area contributed by atoms with Gasteiger partial charge in [-0.25, -0.2) is 4.98 Å². The van der Waals surface area contributed by atoms with Gasteiger partial charge in [0, 0.05) is 47.0 Å². The third kappa shape index (κ3) is 6.82. The minimum atomic E-state index is -1.77. The molecule has 0 fully saturated rings. The largest absolute Gasteiger partial charge is 0.510 e. The quantitative estimate of drug-likeness (QED) is 0.107. The summed E-state index contributed by atoms with van der Waals surface area (Å²) < 4.78 is 150. The van der Waals surface area contributed by atoms with Gasteiger partial charge in [-0.05, 0) is 69.4 Å². The Hall–Kier alpha value is -6.55. The molecule has 0 atom stereocenters. The topological polar surface area (TPSA) is 35.9 Å². The molecule has 0 radical (unpaired) electrons. The molecule has 0 amide bonds. The van der Waals surface area contributed by atoms with E-state index >= 15 is 0 Å². The molecule has 0 bridgehead atoms. The molecule has 0 aliphatic rings. The van der Waals surface area contributed by atoms with E-state index in [-0.39, 0.29) is 94.8 Å². The molecule has 0 aliphatic heterocycles. The molecular weight excluding hydrogens is 892 g/mol. The minimum absolute atomic E-state index is 0. The number of pyridine rings is 1.